The van der Waals surface area contributed by atoms with E-state index in [-0.39, 0.29) is 18.8 Å². The molecule has 0 spiro atoms. The average molecular weight is 256 g/mol. The molecule has 1 aliphatic rings. The first kappa shape index (κ1) is 11.6. The number of cyclic esters (lactones) is 2. The van der Waals surface area contributed by atoms with Gasteiger partial charge in [-0.3, -0.25) is 9.59 Å². The lowest BCUT2D eigenvalue weighted by atomic mass is 9.94. The van der Waals surface area contributed by atoms with Crippen LogP contribution in [0.15, 0.2) is 42.7 Å². The second-order valence-corrected chi connectivity index (χ2v) is 4.51. The van der Waals surface area contributed by atoms with Crippen LogP contribution in [-0.2, 0) is 14.3 Å². The summed E-state index contributed by atoms with van der Waals surface area (Å²) in [4.78, 5) is 22.5. The van der Waals surface area contributed by atoms with Crippen LogP contribution in [0.2, 0.25) is 0 Å². The first-order chi connectivity index (χ1) is 9.22. The molecule has 1 aliphatic heterocycles. The lowest BCUT2D eigenvalue weighted by molar-refractivity contribution is -0.163. The van der Waals surface area contributed by atoms with Gasteiger partial charge >= 0.3 is 11.9 Å². The number of hydrogen-bond acceptors (Lipinski definition) is 4. The van der Waals surface area contributed by atoms with Gasteiger partial charge in [-0.2, -0.15) is 5.10 Å². The average Bonchev–Trinajstić information content (AvgIpc) is 2.88. The Bertz CT molecular complexity index is 603. The van der Waals surface area contributed by atoms with Crippen LogP contribution in [0.1, 0.15) is 24.3 Å². The summed E-state index contributed by atoms with van der Waals surface area (Å²) in [5.41, 5.74) is 1.83. The van der Waals surface area contributed by atoms with Gasteiger partial charge in [-0.25, -0.2) is 4.68 Å². The maximum absolute atomic E-state index is 11.3. The minimum Gasteiger partial charge on any atom is -0.393 e. The number of carbonyl (C=O) groups is 2. The summed E-state index contributed by atoms with van der Waals surface area (Å²) >= 11 is 0. The quantitative estimate of drug-likeness (QED) is 0.607. The fourth-order valence-corrected chi connectivity index (χ4v) is 2.19. The zero-order valence-electron chi connectivity index (χ0n) is 10.2. The minimum absolute atomic E-state index is 0.133. The molecule has 1 saturated heterocycles. The molecular weight excluding hydrogens is 244 g/mol. The third kappa shape index (κ3) is 2.40. The molecule has 2 aromatic rings. The number of nitrogens with zero attached hydrogens (tertiary/aromatic N) is 2. The van der Waals surface area contributed by atoms with Crippen molar-refractivity contribution in [2.75, 3.05) is 0 Å². The standard InChI is InChI=1S/C14H12N2O3/c17-13-6-10(7-14(18)19-13)11-8-15-16(9-11)12-4-2-1-3-5-12/h1-5,8-10H,6-7H2. The first-order valence-electron chi connectivity index (χ1n) is 6.06. The maximum Gasteiger partial charge on any atom is 0.314 e. The molecule has 0 amide bonds. The molecule has 0 unspecified atom stereocenters. The number of rotatable bonds is 2. The van der Waals surface area contributed by atoms with Crippen molar-refractivity contribution in [2.24, 2.45) is 0 Å². The van der Waals surface area contributed by atoms with E-state index in [1.165, 1.54) is 0 Å². The molecule has 0 bridgehead atoms. The van der Waals surface area contributed by atoms with Crippen molar-refractivity contribution in [3.63, 3.8) is 0 Å². The fourth-order valence-electron chi connectivity index (χ4n) is 2.19. The summed E-state index contributed by atoms with van der Waals surface area (Å²) in [6.45, 7) is 0. The van der Waals surface area contributed by atoms with E-state index in [9.17, 15) is 9.59 Å². The number of carbonyl (C=O) groups excluding carboxylic acids is 2. The topological polar surface area (TPSA) is 61.2 Å². The highest BCUT2D eigenvalue weighted by Crippen LogP contribution is 2.28. The van der Waals surface area contributed by atoms with Crippen LogP contribution >= 0.6 is 0 Å². The molecule has 0 aliphatic carbocycles. The van der Waals surface area contributed by atoms with Gasteiger partial charge in [0, 0.05) is 12.1 Å². The molecule has 5 heteroatoms. The van der Waals surface area contributed by atoms with Crippen LogP contribution < -0.4 is 0 Å². The van der Waals surface area contributed by atoms with Crippen LogP contribution in [0.5, 0.6) is 0 Å². The van der Waals surface area contributed by atoms with Crippen molar-refractivity contribution >= 4 is 11.9 Å². The molecule has 1 fully saturated rings. The lowest BCUT2D eigenvalue weighted by Gasteiger charge is -2.18. The van der Waals surface area contributed by atoms with E-state index < -0.39 is 11.9 Å². The molecule has 19 heavy (non-hydrogen) atoms. The fraction of sp³-hybridized carbons (Fsp3) is 0.214. The largest absolute Gasteiger partial charge is 0.393 e. The lowest BCUT2D eigenvalue weighted by Crippen LogP contribution is -2.23. The van der Waals surface area contributed by atoms with Crippen LogP contribution in [0.25, 0.3) is 5.69 Å². The summed E-state index contributed by atoms with van der Waals surface area (Å²) in [5, 5.41) is 4.26. The first-order valence-corrected chi connectivity index (χ1v) is 6.06. The molecule has 2 heterocycles. The molecule has 1 aromatic heterocycles. The molecular formula is C14H12N2O3. The van der Waals surface area contributed by atoms with Crippen molar-refractivity contribution in [3.05, 3.63) is 48.3 Å². The Morgan fingerprint density at radius 1 is 1.11 bits per heavy atom. The van der Waals surface area contributed by atoms with E-state index in [2.05, 4.69) is 9.84 Å². The minimum atomic E-state index is -0.464. The summed E-state index contributed by atoms with van der Waals surface area (Å²) in [5.74, 6) is -1.06. The van der Waals surface area contributed by atoms with Gasteiger partial charge in [0.05, 0.1) is 24.7 Å². The predicted octanol–water partition coefficient (Wildman–Crippen LogP) is 1.82. The zero-order valence-corrected chi connectivity index (χ0v) is 10.2. The summed E-state index contributed by atoms with van der Waals surface area (Å²) in [6.07, 6.45) is 4.01. The highest BCUT2D eigenvalue weighted by molar-refractivity contribution is 5.89. The third-order valence-corrected chi connectivity index (χ3v) is 3.15. The van der Waals surface area contributed by atoms with Gasteiger partial charge in [0.1, 0.15) is 0 Å². The van der Waals surface area contributed by atoms with Crippen molar-refractivity contribution in [1.29, 1.82) is 0 Å². The Labute approximate surface area is 109 Å². The Morgan fingerprint density at radius 3 is 2.47 bits per heavy atom. The van der Waals surface area contributed by atoms with Gasteiger partial charge in [-0.05, 0) is 17.7 Å². The van der Waals surface area contributed by atoms with Gasteiger partial charge in [0.15, 0.2) is 0 Å². The Hall–Kier alpha value is -2.43. The second-order valence-electron chi connectivity index (χ2n) is 4.51. The second kappa shape index (κ2) is 4.68. The van der Waals surface area contributed by atoms with Gasteiger partial charge in [0.2, 0.25) is 0 Å². The van der Waals surface area contributed by atoms with E-state index in [1.54, 1.807) is 10.9 Å². The smallest absolute Gasteiger partial charge is 0.314 e. The molecule has 0 N–H and O–H groups in total. The predicted molar refractivity (Wildman–Crippen MR) is 66.6 cm³/mol. The van der Waals surface area contributed by atoms with Crippen molar-refractivity contribution in [1.82, 2.24) is 9.78 Å². The monoisotopic (exact) mass is 256 g/mol. The molecule has 5 nitrogen and oxygen atoms in total. The van der Waals surface area contributed by atoms with Crippen LogP contribution in [0.3, 0.4) is 0 Å². The molecule has 1 aromatic carbocycles. The van der Waals surface area contributed by atoms with Gasteiger partial charge in [-0.15, -0.1) is 0 Å². The Balaban J connectivity index is 1.85. The molecule has 96 valence electrons. The maximum atomic E-state index is 11.3. The van der Waals surface area contributed by atoms with Gasteiger partial charge < -0.3 is 4.74 Å². The summed E-state index contributed by atoms with van der Waals surface area (Å²) in [6, 6.07) is 9.67. The number of hydrogen-bond donors (Lipinski definition) is 0. The summed E-state index contributed by atoms with van der Waals surface area (Å²) < 4.78 is 6.26. The van der Waals surface area contributed by atoms with Gasteiger partial charge in [-0.1, -0.05) is 18.2 Å². The van der Waals surface area contributed by atoms with E-state index in [0.29, 0.717) is 0 Å². The SMILES string of the molecule is O=C1CC(c2cnn(-c3ccccc3)c2)CC(=O)O1. The number of esters is 2. The summed E-state index contributed by atoms with van der Waals surface area (Å²) in [7, 11) is 0. The van der Waals surface area contributed by atoms with E-state index >= 15 is 0 Å². The van der Waals surface area contributed by atoms with Crippen molar-refractivity contribution in [2.45, 2.75) is 18.8 Å². The normalized spacial score (nSPS) is 16.4. The van der Waals surface area contributed by atoms with Crippen LogP contribution in [-0.4, -0.2) is 21.7 Å². The van der Waals surface area contributed by atoms with E-state index in [0.717, 1.165) is 11.3 Å². The number of benzene rings is 1. The molecule has 3 rings (SSSR count). The van der Waals surface area contributed by atoms with E-state index in [1.807, 2.05) is 36.5 Å². The van der Waals surface area contributed by atoms with Crippen molar-refractivity contribution in [3.8, 4) is 5.69 Å². The molecule has 0 radical (unpaired) electrons. The third-order valence-electron chi connectivity index (χ3n) is 3.15. The number of ether oxygens (including phenoxy) is 1. The Morgan fingerprint density at radius 2 is 1.79 bits per heavy atom. The molecule has 0 saturated carbocycles. The number of para-hydroxylation sites is 1. The van der Waals surface area contributed by atoms with Gasteiger partial charge in [0.25, 0.3) is 0 Å². The zero-order chi connectivity index (χ0) is 13.2. The van der Waals surface area contributed by atoms with E-state index in [4.69, 9.17) is 0 Å². The highest BCUT2D eigenvalue weighted by atomic mass is 16.6. The van der Waals surface area contributed by atoms with Crippen LogP contribution in [0.4, 0.5) is 0 Å². The van der Waals surface area contributed by atoms with Crippen molar-refractivity contribution < 1.29 is 14.3 Å². The van der Waals surface area contributed by atoms with Crippen LogP contribution in [0, 0.1) is 0 Å². The Kier molecular flexibility index (Phi) is 2.87. The highest BCUT2D eigenvalue weighted by Gasteiger charge is 2.29. The number of aromatic nitrogens is 2. The molecule has 0 atom stereocenters.